The highest BCUT2D eigenvalue weighted by Gasteiger charge is 2.44. The van der Waals surface area contributed by atoms with Gasteiger partial charge in [0.05, 0.1) is 5.56 Å². The zero-order chi connectivity index (χ0) is 14.0. The monoisotopic (exact) mass is 270 g/mol. The summed E-state index contributed by atoms with van der Waals surface area (Å²) < 4.78 is 13.0. The second-order valence-electron chi connectivity index (χ2n) is 5.21. The Labute approximate surface area is 116 Å². The average Bonchev–Trinajstić information content (AvgIpc) is 3.27. The maximum Gasteiger partial charge on any atom is 0.252 e. The molecule has 20 heavy (non-hydrogen) atoms. The predicted molar refractivity (Wildman–Crippen MR) is 73.9 cm³/mol. The number of hydrogen-bond donors (Lipinski definition) is 1. The third kappa shape index (κ3) is 2.54. The summed E-state index contributed by atoms with van der Waals surface area (Å²) in [5.74, 6) is -0.351. The molecule has 1 aliphatic carbocycles. The minimum atomic E-state index is -0.232. The van der Waals surface area contributed by atoms with E-state index in [0.29, 0.717) is 12.1 Å². The van der Waals surface area contributed by atoms with E-state index in [9.17, 15) is 9.18 Å². The van der Waals surface area contributed by atoms with Crippen LogP contribution in [0.3, 0.4) is 0 Å². The Morgan fingerprint density at radius 2 is 2.00 bits per heavy atom. The van der Waals surface area contributed by atoms with Crippen LogP contribution in [0.1, 0.15) is 28.8 Å². The van der Waals surface area contributed by atoms with E-state index >= 15 is 0 Å². The number of aromatic nitrogens is 1. The maximum atomic E-state index is 13.0. The third-order valence-corrected chi connectivity index (χ3v) is 3.82. The van der Waals surface area contributed by atoms with E-state index in [1.807, 2.05) is 0 Å². The molecule has 2 aromatic rings. The number of pyridine rings is 1. The first-order valence-electron chi connectivity index (χ1n) is 6.64. The molecular formula is C16H15FN2O. The van der Waals surface area contributed by atoms with Gasteiger partial charge in [0.25, 0.3) is 5.91 Å². The van der Waals surface area contributed by atoms with Crippen LogP contribution in [0.2, 0.25) is 0 Å². The number of nitrogens with zero attached hydrogens (tertiary/aromatic N) is 1. The molecule has 1 saturated carbocycles. The molecule has 0 aliphatic heterocycles. The van der Waals surface area contributed by atoms with Crippen molar-refractivity contribution in [3.63, 3.8) is 0 Å². The van der Waals surface area contributed by atoms with E-state index in [4.69, 9.17) is 0 Å². The molecule has 0 saturated heterocycles. The lowest BCUT2D eigenvalue weighted by atomic mass is 9.96. The van der Waals surface area contributed by atoms with Crippen molar-refractivity contribution in [2.45, 2.75) is 18.3 Å². The summed E-state index contributed by atoms with van der Waals surface area (Å²) in [6.45, 7) is 0.576. The molecule has 1 amide bonds. The number of carbonyl (C=O) groups is 1. The lowest BCUT2D eigenvalue weighted by molar-refractivity contribution is 0.0949. The second kappa shape index (κ2) is 5.04. The molecule has 1 aromatic heterocycles. The summed E-state index contributed by atoms with van der Waals surface area (Å²) >= 11 is 0. The highest BCUT2D eigenvalue weighted by Crippen LogP contribution is 2.47. The average molecular weight is 270 g/mol. The van der Waals surface area contributed by atoms with E-state index in [1.54, 1.807) is 36.7 Å². The second-order valence-corrected chi connectivity index (χ2v) is 5.21. The molecule has 0 unspecified atom stereocenters. The molecule has 102 valence electrons. The molecule has 1 fully saturated rings. The lowest BCUT2D eigenvalue weighted by Gasteiger charge is -2.16. The molecule has 3 rings (SSSR count). The van der Waals surface area contributed by atoms with Crippen LogP contribution in [-0.2, 0) is 5.41 Å². The van der Waals surface area contributed by atoms with Crippen LogP contribution in [0.5, 0.6) is 0 Å². The van der Waals surface area contributed by atoms with Crippen molar-refractivity contribution in [1.29, 1.82) is 0 Å². The van der Waals surface area contributed by atoms with Crippen LogP contribution in [0.25, 0.3) is 0 Å². The van der Waals surface area contributed by atoms with Crippen molar-refractivity contribution in [3.8, 4) is 0 Å². The highest BCUT2D eigenvalue weighted by molar-refractivity contribution is 5.93. The number of carbonyl (C=O) groups excluding carboxylic acids is 1. The molecule has 3 nitrogen and oxygen atoms in total. The van der Waals surface area contributed by atoms with E-state index < -0.39 is 0 Å². The van der Waals surface area contributed by atoms with Gasteiger partial charge < -0.3 is 5.32 Å². The van der Waals surface area contributed by atoms with Gasteiger partial charge in [0.1, 0.15) is 5.82 Å². The van der Waals surface area contributed by atoms with E-state index in [0.717, 1.165) is 18.4 Å². The standard InChI is InChI=1S/C16H15FN2O/c17-14-5-3-13(4-6-14)16(7-8-16)11-19-15(20)12-2-1-9-18-10-12/h1-6,9-10H,7-8,11H2,(H,19,20). The van der Waals surface area contributed by atoms with Gasteiger partial charge in [-0.25, -0.2) is 4.39 Å². The maximum absolute atomic E-state index is 13.0. The molecule has 4 heteroatoms. The Balaban J connectivity index is 1.66. The van der Waals surface area contributed by atoms with Gasteiger partial charge in [0.2, 0.25) is 0 Å². The first-order valence-corrected chi connectivity index (χ1v) is 6.64. The van der Waals surface area contributed by atoms with Crippen molar-refractivity contribution >= 4 is 5.91 Å². The number of rotatable bonds is 4. The number of halogens is 1. The minimum Gasteiger partial charge on any atom is -0.351 e. The summed E-state index contributed by atoms with van der Waals surface area (Å²) in [5.41, 5.74) is 1.62. The van der Waals surface area contributed by atoms with Crippen molar-refractivity contribution in [1.82, 2.24) is 10.3 Å². The molecule has 0 spiro atoms. The van der Waals surface area contributed by atoms with Crippen molar-refractivity contribution in [2.24, 2.45) is 0 Å². The van der Waals surface area contributed by atoms with Gasteiger partial charge in [-0.2, -0.15) is 0 Å². The summed E-state index contributed by atoms with van der Waals surface area (Å²) in [6.07, 6.45) is 5.22. The molecule has 1 aromatic carbocycles. The SMILES string of the molecule is O=C(NCC1(c2ccc(F)cc2)CC1)c1cccnc1. The van der Waals surface area contributed by atoms with E-state index in [-0.39, 0.29) is 17.1 Å². The number of nitrogens with one attached hydrogen (secondary N) is 1. The normalized spacial score (nSPS) is 15.7. The highest BCUT2D eigenvalue weighted by atomic mass is 19.1. The quantitative estimate of drug-likeness (QED) is 0.928. The number of benzene rings is 1. The summed E-state index contributed by atoms with van der Waals surface area (Å²) in [7, 11) is 0. The Morgan fingerprint density at radius 1 is 1.25 bits per heavy atom. The molecule has 0 bridgehead atoms. The van der Waals surface area contributed by atoms with Gasteiger partial charge in [0.15, 0.2) is 0 Å². The first-order chi connectivity index (χ1) is 9.70. The Hall–Kier alpha value is -2.23. The summed E-state index contributed by atoms with van der Waals surface area (Å²) in [4.78, 5) is 15.9. The van der Waals surface area contributed by atoms with Crippen molar-refractivity contribution in [3.05, 3.63) is 65.7 Å². The van der Waals surface area contributed by atoms with Crippen LogP contribution in [0.15, 0.2) is 48.8 Å². The molecule has 1 aliphatic rings. The van der Waals surface area contributed by atoms with Crippen molar-refractivity contribution < 1.29 is 9.18 Å². The minimum absolute atomic E-state index is 0.0223. The van der Waals surface area contributed by atoms with Gasteiger partial charge in [-0.15, -0.1) is 0 Å². The molecule has 0 radical (unpaired) electrons. The van der Waals surface area contributed by atoms with Crippen LogP contribution in [0.4, 0.5) is 4.39 Å². The fourth-order valence-corrected chi connectivity index (χ4v) is 2.37. The zero-order valence-corrected chi connectivity index (χ0v) is 11.0. The molecular weight excluding hydrogens is 255 g/mol. The summed E-state index contributed by atoms with van der Waals surface area (Å²) in [6, 6.07) is 10.0. The Bertz CT molecular complexity index is 606. The van der Waals surface area contributed by atoms with E-state index in [1.165, 1.54) is 12.1 Å². The van der Waals surface area contributed by atoms with E-state index in [2.05, 4.69) is 10.3 Å². The van der Waals surface area contributed by atoms with Gasteiger partial charge in [-0.05, 0) is 42.7 Å². The predicted octanol–water partition coefficient (Wildman–Crippen LogP) is 2.68. The topological polar surface area (TPSA) is 42.0 Å². The summed E-state index contributed by atoms with van der Waals surface area (Å²) in [5, 5.41) is 2.94. The third-order valence-electron chi connectivity index (χ3n) is 3.82. The Kier molecular flexibility index (Phi) is 3.22. The molecule has 1 N–H and O–H groups in total. The molecule has 0 atom stereocenters. The fourth-order valence-electron chi connectivity index (χ4n) is 2.37. The smallest absolute Gasteiger partial charge is 0.252 e. The lowest BCUT2D eigenvalue weighted by Crippen LogP contribution is -2.32. The van der Waals surface area contributed by atoms with Crippen LogP contribution in [-0.4, -0.2) is 17.4 Å². The number of hydrogen-bond acceptors (Lipinski definition) is 2. The van der Waals surface area contributed by atoms with Crippen LogP contribution >= 0.6 is 0 Å². The zero-order valence-electron chi connectivity index (χ0n) is 11.0. The van der Waals surface area contributed by atoms with Crippen molar-refractivity contribution in [2.75, 3.05) is 6.54 Å². The molecule has 1 heterocycles. The Morgan fingerprint density at radius 3 is 2.60 bits per heavy atom. The largest absolute Gasteiger partial charge is 0.351 e. The van der Waals surface area contributed by atoms with Gasteiger partial charge >= 0.3 is 0 Å². The van der Waals surface area contributed by atoms with Gasteiger partial charge in [0, 0.05) is 24.4 Å². The van der Waals surface area contributed by atoms with Gasteiger partial charge in [-0.3, -0.25) is 9.78 Å². The number of amides is 1. The van der Waals surface area contributed by atoms with Gasteiger partial charge in [-0.1, -0.05) is 12.1 Å². The van der Waals surface area contributed by atoms with Crippen LogP contribution in [0, 0.1) is 5.82 Å². The fraction of sp³-hybridized carbons (Fsp3) is 0.250. The first kappa shape index (κ1) is 12.8. The van der Waals surface area contributed by atoms with Crippen LogP contribution < -0.4 is 5.32 Å².